The third kappa shape index (κ3) is 3.56. The number of carbonyl (C=O) groups is 1. The normalized spacial score (nSPS) is 12.2. The molecule has 0 atom stereocenters. The molecule has 0 saturated carbocycles. The van der Waals surface area contributed by atoms with Crippen LogP contribution >= 0.6 is 0 Å². The van der Waals surface area contributed by atoms with Crippen molar-refractivity contribution in [2.24, 2.45) is 0 Å². The Morgan fingerprint density at radius 3 is 2.43 bits per heavy atom. The second kappa shape index (κ2) is 5.79. The van der Waals surface area contributed by atoms with E-state index in [0.29, 0.717) is 0 Å². The quantitative estimate of drug-likeness (QED) is 0.909. The Balaban J connectivity index is 3.55. The van der Waals surface area contributed by atoms with Gasteiger partial charge >= 0.3 is 5.97 Å². The van der Waals surface area contributed by atoms with E-state index in [0.717, 1.165) is 22.5 Å². The molecule has 6 nitrogen and oxygen atoms in total. The Bertz CT molecular complexity index is 702. The molecule has 1 aromatic rings. The maximum atomic E-state index is 13.6. The molecular weight excluding hydrogens is 299 g/mol. The molecule has 0 aromatic heterocycles. The van der Waals surface area contributed by atoms with Crippen LogP contribution in [0.25, 0.3) is 0 Å². The summed E-state index contributed by atoms with van der Waals surface area (Å²) in [6.45, 7) is 3.75. The van der Waals surface area contributed by atoms with E-state index < -0.39 is 44.4 Å². The molecule has 0 fully saturated rings. The highest BCUT2D eigenvalue weighted by Crippen LogP contribution is 2.27. The SMILES string of the molecule is CC(C)(C)N(CC(=O)O)S(=O)(=O)c1cccc(F)c1C#N. The molecule has 0 bridgehead atoms. The third-order valence-electron chi connectivity index (χ3n) is 2.68. The van der Waals surface area contributed by atoms with Gasteiger partial charge in [0.2, 0.25) is 10.0 Å². The molecule has 21 heavy (non-hydrogen) atoms. The number of carboxylic acids is 1. The van der Waals surface area contributed by atoms with Crippen LogP contribution in [0.3, 0.4) is 0 Å². The maximum Gasteiger partial charge on any atom is 0.318 e. The number of benzene rings is 1. The molecule has 0 spiro atoms. The predicted octanol–water partition coefficient (Wildman–Crippen LogP) is 1.57. The number of carboxylic acid groups (broad SMARTS) is 1. The summed E-state index contributed by atoms with van der Waals surface area (Å²) in [7, 11) is -4.33. The Labute approximate surface area is 122 Å². The number of nitriles is 1. The topological polar surface area (TPSA) is 98.5 Å². The fourth-order valence-corrected chi connectivity index (χ4v) is 3.64. The number of sulfonamides is 1. The van der Waals surface area contributed by atoms with Gasteiger partial charge in [-0.15, -0.1) is 0 Å². The molecule has 0 aliphatic rings. The average Bonchev–Trinajstić information content (AvgIpc) is 2.34. The molecule has 0 saturated heterocycles. The van der Waals surface area contributed by atoms with Crippen molar-refractivity contribution < 1.29 is 22.7 Å². The molecule has 0 aliphatic heterocycles. The number of aliphatic carboxylic acids is 1. The van der Waals surface area contributed by atoms with Crippen molar-refractivity contribution in [2.45, 2.75) is 31.2 Å². The molecule has 114 valence electrons. The van der Waals surface area contributed by atoms with E-state index >= 15 is 0 Å². The van der Waals surface area contributed by atoms with Crippen molar-refractivity contribution in [1.82, 2.24) is 4.31 Å². The molecule has 0 amide bonds. The van der Waals surface area contributed by atoms with Gasteiger partial charge in [0.1, 0.15) is 28.9 Å². The van der Waals surface area contributed by atoms with Crippen LogP contribution in [-0.4, -0.2) is 35.9 Å². The monoisotopic (exact) mass is 314 g/mol. The summed E-state index contributed by atoms with van der Waals surface area (Å²) in [6.07, 6.45) is 0. The molecule has 1 rings (SSSR count). The summed E-state index contributed by atoms with van der Waals surface area (Å²) in [5.74, 6) is -2.31. The van der Waals surface area contributed by atoms with Gasteiger partial charge in [0.15, 0.2) is 0 Å². The second-order valence-electron chi connectivity index (χ2n) is 5.30. The number of halogens is 1. The van der Waals surface area contributed by atoms with Crippen molar-refractivity contribution in [1.29, 1.82) is 5.26 Å². The average molecular weight is 314 g/mol. The van der Waals surface area contributed by atoms with Crippen LogP contribution < -0.4 is 0 Å². The smallest absolute Gasteiger partial charge is 0.318 e. The molecular formula is C13H15FN2O4S. The zero-order valence-corrected chi connectivity index (χ0v) is 12.6. The molecule has 0 radical (unpaired) electrons. The summed E-state index contributed by atoms with van der Waals surface area (Å²) < 4.78 is 39.5. The highest BCUT2D eigenvalue weighted by atomic mass is 32.2. The van der Waals surface area contributed by atoms with Crippen LogP contribution in [0.5, 0.6) is 0 Å². The Hall–Kier alpha value is -1.98. The number of hydrogen-bond acceptors (Lipinski definition) is 4. The zero-order valence-electron chi connectivity index (χ0n) is 11.8. The van der Waals surface area contributed by atoms with Crippen LogP contribution in [0.15, 0.2) is 23.1 Å². The van der Waals surface area contributed by atoms with Crippen LogP contribution in [0, 0.1) is 17.1 Å². The lowest BCUT2D eigenvalue weighted by atomic mass is 10.1. The van der Waals surface area contributed by atoms with E-state index in [1.807, 2.05) is 0 Å². The minimum atomic E-state index is -4.33. The van der Waals surface area contributed by atoms with Gasteiger partial charge in [0, 0.05) is 5.54 Å². The number of hydrogen-bond donors (Lipinski definition) is 1. The summed E-state index contributed by atoms with van der Waals surface area (Å²) >= 11 is 0. The standard InChI is InChI=1S/C13H15FN2O4S/c1-13(2,3)16(8-12(17)18)21(19,20)11-6-4-5-10(14)9(11)7-15/h4-6H,8H2,1-3H3,(H,17,18). The molecule has 0 heterocycles. The first-order valence-electron chi connectivity index (χ1n) is 5.95. The maximum absolute atomic E-state index is 13.6. The van der Waals surface area contributed by atoms with Crippen molar-refractivity contribution >= 4 is 16.0 Å². The first-order valence-corrected chi connectivity index (χ1v) is 7.39. The molecule has 0 aliphatic carbocycles. The largest absolute Gasteiger partial charge is 0.480 e. The van der Waals surface area contributed by atoms with Gasteiger partial charge in [-0.2, -0.15) is 9.57 Å². The Morgan fingerprint density at radius 2 is 2.00 bits per heavy atom. The minimum Gasteiger partial charge on any atom is -0.480 e. The van der Waals surface area contributed by atoms with Crippen molar-refractivity contribution in [3.63, 3.8) is 0 Å². The van der Waals surface area contributed by atoms with Crippen molar-refractivity contribution in [3.05, 3.63) is 29.6 Å². The summed E-state index contributed by atoms with van der Waals surface area (Å²) in [5.41, 5.74) is -1.67. The first-order chi connectivity index (χ1) is 9.51. The fourth-order valence-electron chi connectivity index (χ4n) is 1.75. The lowest BCUT2D eigenvalue weighted by molar-refractivity contribution is -0.138. The molecule has 1 N–H and O–H groups in total. The Morgan fingerprint density at radius 1 is 1.43 bits per heavy atom. The minimum absolute atomic E-state index is 0.541. The molecule has 1 aromatic carbocycles. The van der Waals surface area contributed by atoms with E-state index in [9.17, 15) is 17.6 Å². The van der Waals surface area contributed by atoms with Gasteiger partial charge < -0.3 is 5.11 Å². The zero-order chi connectivity index (χ0) is 16.4. The van der Waals surface area contributed by atoms with E-state index in [4.69, 9.17) is 10.4 Å². The molecule has 0 unspecified atom stereocenters. The fraction of sp³-hybridized carbons (Fsp3) is 0.385. The van der Waals surface area contributed by atoms with Gasteiger partial charge in [0.25, 0.3) is 0 Å². The van der Waals surface area contributed by atoms with Gasteiger partial charge in [-0.1, -0.05) is 6.07 Å². The van der Waals surface area contributed by atoms with E-state index in [1.165, 1.54) is 26.8 Å². The number of rotatable bonds is 4. The van der Waals surface area contributed by atoms with Crippen LogP contribution in [-0.2, 0) is 14.8 Å². The third-order valence-corrected chi connectivity index (χ3v) is 4.84. The lowest BCUT2D eigenvalue weighted by Crippen LogP contribution is -2.48. The van der Waals surface area contributed by atoms with Crippen LogP contribution in [0.2, 0.25) is 0 Å². The van der Waals surface area contributed by atoms with Gasteiger partial charge in [-0.05, 0) is 32.9 Å². The van der Waals surface area contributed by atoms with Gasteiger partial charge in [-0.25, -0.2) is 12.8 Å². The Kier molecular flexibility index (Phi) is 4.71. The van der Waals surface area contributed by atoms with E-state index in [1.54, 1.807) is 0 Å². The van der Waals surface area contributed by atoms with E-state index in [2.05, 4.69) is 0 Å². The van der Waals surface area contributed by atoms with Crippen molar-refractivity contribution in [3.8, 4) is 6.07 Å². The van der Waals surface area contributed by atoms with Gasteiger partial charge in [-0.3, -0.25) is 4.79 Å². The summed E-state index contributed by atoms with van der Waals surface area (Å²) in [6, 6.07) is 4.71. The number of nitrogens with zero attached hydrogens (tertiary/aromatic N) is 2. The summed E-state index contributed by atoms with van der Waals surface area (Å²) in [5, 5.41) is 17.8. The lowest BCUT2D eigenvalue weighted by Gasteiger charge is -2.33. The summed E-state index contributed by atoms with van der Waals surface area (Å²) in [4.78, 5) is 10.4. The predicted molar refractivity (Wildman–Crippen MR) is 72.4 cm³/mol. The van der Waals surface area contributed by atoms with Gasteiger partial charge in [0.05, 0.1) is 0 Å². The highest BCUT2D eigenvalue weighted by molar-refractivity contribution is 7.89. The van der Waals surface area contributed by atoms with Crippen LogP contribution in [0.1, 0.15) is 26.3 Å². The van der Waals surface area contributed by atoms with E-state index in [-0.39, 0.29) is 0 Å². The molecule has 8 heteroatoms. The van der Waals surface area contributed by atoms with Crippen LogP contribution in [0.4, 0.5) is 4.39 Å². The highest BCUT2D eigenvalue weighted by Gasteiger charge is 2.37. The second-order valence-corrected chi connectivity index (χ2v) is 7.13. The van der Waals surface area contributed by atoms with Crippen molar-refractivity contribution in [2.75, 3.05) is 6.54 Å². The first kappa shape index (κ1) is 17.1.